The number of piperazine rings is 1. The molecule has 2 fully saturated rings. The SMILES string of the molecule is CCCN1CCN(C(=O)N2CCC(C(=O)O)C2)CC1. The first kappa shape index (κ1) is 14.1. The molecule has 2 amide bonds. The van der Waals surface area contributed by atoms with Crippen LogP contribution < -0.4 is 0 Å². The second kappa shape index (κ2) is 6.23. The highest BCUT2D eigenvalue weighted by Gasteiger charge is 2.33. The van der Waals surface area contributed by atoms with Gasteiger partial charge < -0.3 is 14.9 Å². The van der Waals surface area contributed by atoms with E-state index >= 15 is 0 Å². The van der Waals surface area contributed by atoms with Crippen LogP contribution in [0.3, 0.4) is 0 Å². The van der Waals surface area contributed by atoms with E-state index in [1.165, 1.54) is 0 Å². The summed E-state index contributed by atoms with van der Waals surface area (Å²) < 4.78 is 0. The Morgan fingerprint density at radius 1 is 1.11 bits per heavy atom. The third-order valence-electron chi connectivity index (χ3n) is 3.99. The second-order valence-corrected chi connectivity index (χ2v) is 5.38. The van der Waals surface area contributed by atoms with Gasteiger partial charge in [0.25, 0.3) is 0 Å². The molecule has 0 aromatic rings. The van der Waals surface area contributed by atoms with Gasteiger partial charge in [-0.3, -0.25) is 9.69 Å². The molecule has 0 saturated carbocycles. The number of aliphatic carboxylic acids is 1. The zero-order valence-electron chi connectivity index (χ0n) is 11.5. The standard InChI is InChI=1S/C13H23N3O3/c1-2-4-14-6-8-15(9-7-14)13(19)16-5-3-11(10-16)12(17)18/h11H,2-10H2,1H3,(H,17,18). The van der Waals surface area contributed by atoms with Gasteiger partial charge in [0.15, 0.2) is 0 Å². The largest absolute Gasteiger partial charge is 0.481 e. The first-order valence-electron chi connectivity index (χ1n) is 7.10. The Morgan fingerprint density at radius 2 is 1.79 bits per heavy atom. The van der Waals surface area contributed by atoms with Crippen molar-refractivity contribution >= 4 is 12.0 Å². The van der Waals surface area contributed by atoms with Crippen molar-refractivity contribution in [3.63, 3.8) is 0 Å². The average Bonchev–Trinajstić information content (AvgIpc) is 2.89. The Labute approximate surface area is 114 Å². The number of hydrogen-bond donors (Lipinski definition) is 1. The topological polar surface area (TPSA) is 64.1 Å². The maximum atomic E-state index is 12.3. The Bertz CT molecular complexity index is 340. The lowest BCUT2D eigenvalue weighted by Crippen LogP contribution is -2.52. The van der Waals surface area contributed by atoms with Crippen LogP contribution in [0.25, 0.3) is 0 Å². The van der Waals surface area contributed by atoms with Gasteiger partial charge in [-0.25, -0.2) is 4.79 Å². The molecule has 19 heavy (non-hydrogen) atoms. The average molecular weight is 269 g/mol. The van der Waals surface area contributed by atoms with Crippen LogP contribution in [-0.2, 0) is 4.79 Å². The van der Waals surface area contributed by atoms with Crippen molar-refractivity contribution in [2.45, 2.75) is 19.8 Å². The summed E-state index contributed by atoms with van der Waals surface area (Å²) in [4.78, 5) is 29.1. The molecule has 0 aromatic carbocycles. The molecule has 0 radical (unpaired) electrons. The lowest BCUT2D eigenvalue weighted by Gasteiger charge is -2.36. The Balaban J connectivity index is 1.80. The molecule has 0 spiro atoms. The number of hydrogen-bond acceptors (Lipinski definition) is 3. The summed E-state index contributed by atoms with van der Waals surface area (Å²) in [6, 6.07) is 0.0138. The Kier molecular flexibility index (Phi) is 4.63. The first-order valence-corrected chi connectivity index (χ1v) is 7.10. The third kappa shape index (κ3) is 3.37. The Morgan fingerprint density at radius 3 is 2.32 bits per heavy atom. The first-order chi connectivity index (χ1) is 9.11. The fraction of sp³-hybridized carbons (Fsp3) is 0.846. The quantitative estimate of drug-likeness (QED) is 0.812. The third-order valence-corrected chi connectivity index (χ3v) is 3.99. The molecule has 2 aliphatic heterocycles. The molecule has 108 valence electrons. The van der Waals surface area contributed by atoms with Crippen molar-refractivity contribution in [1.29, 1.82) is 0 Å². The summed E-state index contributed by atoms with van der Waals surface area (Å²) in [5, 5.41) is 8.96. The van der Waals surface area contributed by atoms with Gasteiger partial charge in [0.05, 0.1) is 5.92 Å². The smallest absolute Gasteiger partial charge is 0.320 e. The maximum absolute atomic E-state index is 12.3. The van der Waals surface area contributed by atoms with E-state index < -0.39 is 5.97 Å². The molecule has 0 aliphatic carbocycles. The van der Waals surface area contributed by atoms with E-state index in [9.17, 15) is 9.59 Å². The number of carbonyl (C=O) groups excluding carboxylic acids is 1. The fourth-order valence-electron chi connectivity index (χ4n) is 2.81. The summed E-state index contributed by atoms with van der Waals surface area (Å²) >= 11 is 0. The van der Waals surface area contributed by atoms with Crippen LogP contribution in [0.15, 0.2) is 0 Å². The summed E-state index contributed by atoms with van der Waals surface area (Å²) in [6.45, 7) is 7.56. The summed E-state index contributed by atoms with van der Waals surface area (Å²) in [6.07, 6.45) is 1.72. The van der Waals surface area contributed by atoms with Crippen LogP contribution in [0.5, 0.6) is 0 Å². The number of likely N-dealkylation sites (tertiary alicyclic amines) is 1. The maximum Gasteiger partial charge on any atom is 0.320 e. The van der Waals surface area contributed by atoms with Crippen molar-refractivity contribution in [3.05, 3.63) is 0 Å². The van der Waals surface area contributed by atoms with E-state index in [1.54, 1.807) is 4.90 Å². The van der Waals surface area contributed by atoms with Crippen LogP contribution in [-0.4, -0.2) is 77.6 Å². The summed E-state index contributed by atoms with van der Waals surface area (Å²) in [5.74, 6) is -1.17. The lowest BCUT2D eigenvalue weighted by atomic mass is 10.1. The van der Waals surface area contributed by atoms with E-state index in [4.69, 9.17) is 5.11 Å². The summed E-state index contributed by atoms with van der Waals surface area (Å²) in [5.41, 5.74) is 0. The van der Waals surface area contributed by atoms with E-state index in [0.29, 0.717) is 19.5 Å². The van der Waals surface area contributed by atoms with E-state index in [2.05, 4.69) is 11.8 Å². The molecule has 6 heteroatoms. The van der Waals surface area contributed by atoms with E-state index in [0.717, 1.165) is 39.1 Å². The minimum absolute atomic E-state index is 0.0138. The number of nitrogens with zero attached hydrogens (tertiary/aromatic N) is 3. The molecule has 1 N–H and O–H groups in total. The molecule has 0 bridgehead atoms. The van der Waals surface area contributed by atoms with Crippen LogP contribution in [0.2, 0.25) is 0 Å². The van der Waals surface area contributed by atoms with E-state index in [-0.39, 0.29) is 11.9 Å². The predicted octanol–water partition coefficient (Wildman–Crippen LogP) is 0.540. The molecule has 2 saturated heterocycles. The van der Waals surface area contributed by atoms with Gasteiger partial charge in [0, 0.05) is 39.3 Å². The van der Waals surface area contributed by atoms with Gasteiger partial charge in [-0.2, -0.15) is 0 Å². The van der Waals surface area contributed by atoms with Crippen molar-refractivity contribution in [3.8, 4) is 0 Å². The highest BCUT2D eigenvalue weighted by Crippen LogP contribution is 2.18. The monoisotopic (exact) mass is 269 g/mol. The zero-order valence-corrected chi connectivity index (χ0v) is 11.5. The number of carbonyl (C=O) groups is 2. The molecule has 2 rings (SSSR count). The molecule has 1 unspecified atom stereocenters. The minimum Gasteiger partial charge on any atom is -0.481 e. The van der Waals surface area contributed by atoms with Crippen LogP contribution in [0.4, 0.5) is 4.79 Å². The summed E-state index contributed by atoms with van der Waals surface area (Å²) in [7, 11) is 0. The van der Waals surface area contributed by atoms with Gasteiger partial charge >= 0.3 is 12.0 Å². The van der Waals surface area contributed by atoms with Crippen molar-refractivity contribution in [2.24, 2.45) is 5.92 Å². The molecule has 6 nitrogen and oxygen atoms in total. The molecule has 1 atom stereocenters. The van der Waals surface area contributed by atoms with Crippen molar-refractivity contribution in [1.82, 2.24) is 14.7 Å². The number of carboxylic acids is 1. The Hall–Kier alpha value is -1.30. The van der Waals surface area contributed by atoms with Gasteiger partial charge in [-0.15, -0.1) is 0 Å². The van der Waals surface area contributed by atoms with Crippen LogP contribution >= 0.6 is 0 Å². The van der Waals surface area contributed by atoms with Gasteiger partial charge in [0.2, 0.25) is 0 Å². The van der Waals surface area contributed by atoms with Gasteiger partial charge in [-0.1, -0.05) is 6.92 Å². The number of amides is 2. The molecule has 2 heterocycles. The lowest BCUT2D eigenvalue weighted by molar-refractivity contribution is -0.141. The fourth-order valence-corrected chi connectivity index (χ4v) is 2.81. The molecular formula is C13H23N3O3. The van der Waals surface area contributed by atoms with Gasteiger partial charge in [-0.05, 0) is 19.4 Å². The normalized spacial score (nSPS) is 24.8. The highest BCUT2D eigenvalue weighted by atomic mass is 16.4. The number of carboxylic acid groups (broad SMARTS) is 1. The number of rotatable bonds is 3. The van der Waals surface area contributed by atoms with Crippen molar-refractivity contribution in [2.75, 3.05) is 45.8 Å². The van der Waals surface area contributed by atoms with Gasteiger partial charge in [0.1, 0.15) is 0 Å². The number of urea groups is 1. The predicted molar refractivity (Wildman–Crippen MR) is 71.0 cm³/mol. The van der Waals surface area contributed by atoms with E-state index in [1.807, 2.05) is 4.90 Å². The highest BCUT2D eigenvalue weighted by molar-refractivity contribution is 5.77. The second-order valence-electron chi connectivity index (χ2n) is 5.38. The molecular weight excluding hydrogens is 246 g/mol. The zero-order chi connectivity index (χ0) is 13.8. The van der Waals surface area contributed by atoms with Crippen molar-refractivity contribution < 1.29 is 14.7 Å². The molecule has 0 aromatic heterocycles. The minimum atomic E-state index is -0.789. The molecule has 2 aliphatic rings. The van der Waals surface area contributed by atoms with Crippen LogP contribution in [0.1, 0.15) is 19.8 Å². The van der Waals surface area contributed by atoms with Crippen LogP contribution in [0, 0.1) is 5.92 Å².